The summed E-state index contributed by atoms with van der Waals surface area (Å²) in [5.74, 6) is 0.424. The summed E-state index contributed by atoms with van der Waals surface area (Å²) in [4.78, 5) is 19.7. The molecule has 0 atom stereocenters. The van der Waals surface area contributed by atoms with Crippen molar-refractivity contribution in [2.24, 2.45) is 5.92 Å². The maximum Gasteiger partial charge on any atom is 0.277 e. The molecule has 1 amide bonds. The van der Waals surface area contributed by atoms with Gasteiger partial charge in [0, 0.05) is 18.8 Å². The fourth-order valence-corrected chi connectivity index (χ4v) is 3.27. The van der Waals surface area contributed by atoms with Gasteiger partial charge in [-0.25, -0.2) is 4.98 Å². The van der Waals surface area contributed by atoms with Crippen molar-refractivity contribution < 1.29 is 4.79 Å². The van der Waals surface area contributed by atoms with Crippen molar-refractivity contribution >= 4 is 22.4 Å². The lowest BCUT2D eigenvalue weighted by molar-refractivity contribution is 0.102. The Morgan fingerprint density at radius 1 is 1.30 bits per heavy atom. The first-order valence-electron chi connectivity index (χ1n) is 6.71. The number of anilines is 1. The van der Waals surface area contributed by atoms with Crippen LogP contribution in [0.25, 0.3) is 0 Å². The minimum atomic E-state index is -0.304. The smallest absolute Gasteiger partial charge is 0.277 e. The SMILES string of the molecule is O=C(Nc1nnc(CC2CCCC2)s1)c1cnccn1. The lowest BCUT2D eigenvalue weighted by Gasteiger charge is -2.03. The van der Waals surface area contributed by atoms with E-state index in [4.69, 9.17) is 0 Å². The van der Waals surface area contributed by atoms with E-state index in [1.807, 2.05) is 0 Å². The highest BCUT2D eigenvalue weighted by Crippen LogP contribution is 2.29. The molecule has 2 aromatic rings. The van der Waals surface area contributed by atoms with Crippen LogP contribution < -0.4 is 5.32 Å². The van der Waals surface area contributed by atoms with Gasteiger partial charge in [0.25, 0.3) is 5.91 Å². The second-order valence-corrected chi connectivity index (χ2v) is 5.96. The second-order valence-electron chi connectivity index (χ2n) is 4.90. The molecule has 0 unspecified atom stereocenters. The summed E-state index contributed by atoms with van der Waals surface area (Å²) in [6.45, 7) is 0. The fraction of sp³-hybridized carbons (Fsp3) is 0.462. The van der Waals surface area contributed by atoms with E-state index >= 15 is 0 Å². The maximum absolute atomic E-state index is 11.9. The van der Waals surface area contributed by atoms with Crippen LogP contribution in [-0.4, -0.2) is 26.1 Å². The van der Waals surface area contributed by atoms with Crippen LogP contribution in [0.2, 0.25) is 0 Å². The van der Waals surface area contributed by atoms with Gasteiger partial charge in [-0.3, -0.25) is 15.1 Å². The minimum absolute atomic E-state index is 0.278. The van der Waals surface area contributed by atoms with E-state index < -0.39 is 0 Å². The topological polar surface area (TPSA) is 80.7 Å². The normalized spacial score (nSPS) is 15.4. The highest BCUT2D eigenvalue weighted by atomic mass is 32.1. The van der Waals surface area contributed by atoms with E-state index in [-0.39, 0.29) is 11.6 Å². The Kier molecular flexibility index (Phi) is 3.96. The van der Waals surface area contributed by atoms with E-state index in [0.29, 0.717) is 5.13 Å². The van der Waals surface area contributed by atoms with Crippen molar-refractivity contribution in [1.29, 1.82) is 0 Å². The third kappa shape index (κ3) is 3.16. The number of carbonyl (C=O) groups is 1. The van der Waals surface area contributed by atoms with Crippen LogP contribution >= 0.6 is 11.3 Å². The third-order valence-electron chi connectivity index (χ3n) is 3.42. The molecule has 0 aromatic carbocycles. The predicted octanol–water partition coefficient (Wildman–Crippen LogP) is 2.31. The number of amides is 1. The van der Waals surface area contributed by atoms with Gasteiger partial charge in [0.05, 0.1) is 6.20 Å². The van der Waals surface area contributed by atoms with E-state index in [2.05, 4.69) is 25.5 Å². The molecule has 1 aliphatic rings. The first-order chi connectivity index (χ1) is 9.81. The predicted molar refractivity (Wildman–Crippen MR) is 75.6 cm³/mol. The standard InChI is InChI=1S/C13H15N5OS/c19-12(10-8-14-5-6-15-10)16-13-18-17-11(20-13)7-9-3-1-2-4-9/h5-6,8-9H,1-4,7H2,(H,16,18,19). The highest BCUT2D eigenvalue weighted by Gasteiger charge is 2.18. The molecule has 1 fully saturated rings. The number of nitrogens with zero attached hydrogens (tertiary/aromatic N) is 4. The molecule has 104 valence electrons. The Morgan fingerprint density at radius 3 is 2.90 bits per heavy atom. The van der Waals surface area contributed by atoms with Crippen molar-refractivity contribution in [3.63, 3.8) is 0 Å². The highest BCUT2D eigenvalue weighted by molar-refractivity contribution is 7.15. The zero-order valence-electron chi connectivity index (χ0n) is 11.0. The molecule has 6 nitrogen and oxygen atoms in total. The molecule has 2 aromatic heterocycles. The molecule has 3 rings (SSSR count). The summed E-state index contributed by atoms with van der Waals surface area (Å²) >= 11 is 1.44. The number of aromatic nitrogens is 4. The zero-order valence-corrected chi connectivity index (χ0v) is 11.8. The summed E-state index contributed by atoms with van der Waals surface area (Å²) < 4.78 is 0. The van der Waals surface area contributed by atoms with Crippen LogP contribution in [0, 0.1) is 5.92 Å². The van der Waals surface area contributed by atoms with Gasteiger partial charge in [-0.2, -0.15) is 0 Å². The first kappa shape index (κ1) is 13.1. The maximum atomic E-state index is 11.9. The van der Waals surface area contributed by atoms with Crippen LogP contribution in [0.3, 0.4) is 0 Å². The van der Waals surface area contributed by atoms with E-state index in [1.54, 1.807) is 0 Å². The van der Waals surface area contributed by atoms with Crippen molar-refractivity contribution in [2.75, 3.05) is 5.32 Å². The number of nitrogens with one attached hydrogen (secondary N) is 1. The Morgan fingerprint density at radius 2 is 2.15 bits per heavy atom. The quantitative estimate of drug-likeness (QED) is 0.934. The van der Waals surface area contributed by atoms with Crippen LogP contribution in [0.5, 0.6) is 0 Å². The monoisotopic (exact) mass is 289 g/mol. The second kappa shape index (κ2) is 6.04. The Bertz CT molecular complexity index is 579. The molecule has 0 radical (unpaired) electrons. The average molecular weight is 289 g/mol. The molecule has 1 N–H and O–H groups in total. The Balaban J connectivity index is 1.60. The van der Waals surface area contributed by atoms with Gasteiger partial charge in [-0.05, 0) is 5.92 Å². The third-order valence-corrected chi connectivity index (χ3v) is 4.28. The van der Waals surface area contributed by atoms with Crippen molar-refractivity contribution in [3.05, 3.63) is 29.3 Å². The molecule has 1 aliphatic carbocycles. The van der Waals surface area contributed by atoms with Gasteiger partial charge in [0.2, 0.25) is 5.13 Å². The number of rotatable bonds is 4. The minimum Gasteiger partial charge on any atom is -0.295 e. The molecule has 0 aliphatic heterocycles. The van der Waals surface area contributed by atoms with Crippen molar-refractivity contribution in [2.45, 2.75) is 32.1 Å². The van der Waals surface area contributed by atoms with Crippen LogP contribution in [0.15, 0.2) is 18.6 Å². The molecule has 7 heteroatoms. The van der Waals surface area contributed by atoms with Crippen molar-refractivity contribution in [1.82, 2.24) is 20.2 Å². The summed E-state index contributed by atoms with van der Waals surface area (Å²) in [6.07, 6.45) is 10.6. The van der Waals surface area contributed by atoms with Crippen LogP contribution in [-0.2, 0) is 6.42 Å². The van der Waals surface area contributed by atoms with E-state index in [1.165, 1.54) is 55.6 Å². The number of hydrogen-bond donors (Lipinski definition) is 1. The molecular weight excluding hydrogens is 274 g/mol. The van der Waals surface area contributed by atoms with Gasteiger partial charge in [-0.1, -0.05) is 37.0 Å². The lowest BCUT2D eigenvalue weighted by Crippen LogP contribution is -2.13. The molecular formula is C13H15N5OS. The summed E-state index contributed by atoms with van der Waals surface area (Å²) in [5.41, 5.74) is 0.278. The van der Waals surface area contributed by atoms with Gasteiger partial charge >= 0.3 is 0 Å². The molecule has 1 saturated carbocycles. The molecule has 0 saturated heterocycles. The fourth-order valence-electron chi connectivity index (χ4n) is 2.43. The first-order valence-corrected chi connectivity index (χ1v) is 7.52. The molecule has 20 heavy (non-hydrogen) atoms. The Hall–Kier alpha value is -1.89. The van der Waals surface area contributed by atoms with Gasteiger partial charge in [0.1, 0.15) is 10.7 Å². The van der Waals surface area contributed by atoms with Gasteiger partial charge in [0.15, 0.2) is 0 Å². The number of hydrogen-bond acceptors (Lipinski definition) is 6. The lowest BCUT2D eigenvalue weighted by atomic mass is 10.1. The van der Waals surface area contributed by atoms with Crippen molar-refractivity contribution in [3.8, 4) is 0 Å². The molecule has 0 bridgehead atoms. The van der Waals surface area contributed by atoms with E-state index in [9.17, 15) is 4.79 Å². The Labute approximate surface area is 120 Å². The summed E-state index contributed by atoms with van der Waals surface area (Å²) in [7, 11) is 0. The molecule has 2 heterocycles. The van der Waals surface area contributed by atoms with Crippen LogP contribution in [0.4, 0.5) is 5.13 Å². The molecule has 0 spiro atoms. The van der Waals surface area contributed by atoms with Gasteiger partial charge < -0.3 is 0 Å². The average Bonchev–Trinajstić information content (AvgIpc) is 3.12. The largest absolute Gasteiger partial charge is 0.295 e. The summed E-state index contributed by atoms with van der Waals surface area (Å²) in [5, 5.41) is 12.4. The number of carbonyl (C=O) groups excluding carboxylic acids is 1. The summed E-state index contributed by atoms with van der Waals surface area (Å²) in [6, 6.07) is 0. The van der Waals surface area contributed by atoms with E-state index in [0.717, 1.165) is 17.3 Å². The van der Waals surface area contributed by atoms with Crippen LogP contribution in [0.1, 0.15) is 41.2 Å². The van der Waals surface area contributed by atoms with Gasteiger partial charge in [-0.15, -0.1) is 10.2 Å². The zero-order chi connectivity index (χ0) is 13.8.